The Morgan fingerprint density at radius 3 is 2.61 bits per heavy atom. The van der Waals surface area contributed by atoms with Gasteiger partial charge in [-0.2, -0.15) is 0 Å². The summed E-state index contributed by atoms with van der Waals surface area (Å²) in [6.07, 6.45) is 0. The van der Waals surface area contributed by atoms with Crippen LogP contribution >= 0.6 is 0 Å². The molecule has 0 amide bonds. The molecule has 0 radical (unpaired) electrons. The quantitative estimate of drug-likeness (QED) is 0.785. The molecule has 0 unspecified atom stereocenters. The summed E-state index contributed by atoms with van der Waals surface area (Å²) in [5.74, 6) is -0.328. The van der Waals surface area contributed by atoms with Crippen LogP contribution in [0.15, 0.2) is 27.4 Å². The molecule has 124 valence electrons. The molecule has 0 saturated carbocycles. The summed E-state index contributed by atoms with van der Waals surface area (Å²) in [5.41, 5.74) is 2.32. The molecule has 1 aliphatic rings. The normalized spacial score (nSPS) is 18.0. The smallest absolute Gasteiger partial charge is 0.408 e. The Morgan fingerprint density at radius 2 is 1.96 bits per heavy atom. The fourth-order valence-corrected chi connectivity index (χ4v) is 2.62. The lowest BCUT2D eigenvalue weighted by Crippen LogP contribution is -2.47. The molecule has 0 N–H and O–H groups in total. The summed E-state index contributed by atoms with van der Waals surface area (Å²) in [7, 11) is 3.56. The predicted octanol–water partition coefficient (Wildman–Crippen LogP) is 0.924. The Bertz CT molecular complexity index is 740. The van der Waals surface area contributed by atoms with Crippen molar-refractivity contribution in [3.8, 4) is 0 Å². The zero-order valence-corrected chi connectivity index (χ0v) is 14.2. The Labute approximate surface area is 136 Å². The van der Waals surface area contributed by atoms with Crippen molar-refractivity contribution in [1.82, 2.24) is 9.47 Å². The number of likely N-dealkylation sites (N-methyl/N-ethyl adjacent to an activating group) is 1. The average molecular weight is 318 g/mol. The van der Waals surface area contributed by atoms with Gasteiger partial charge in [-0.05, 0) is 31.7 Å². The van der Waals surface area contributed by atoms with Crippen LogP contribution in [0.5, 0.6) is 0 Å². The minimum Gasteiger partial charge on any atom is -0.408 e. The fourth-order valence-electron chi connectivity index (χ4n) is 2.62. The van der Waals surface area contributed by atoms with Crippen molar-refractivity contribution in [2.75, 3.05) is 33.9 Å². The van der Waals surface area contributed by atoms with Gasteiger partial charge in [-0.15, -0.1) is 0 Å². The maximum absolute atomic E-state index is 12.0. The number of oxazole rings is 1. The van der Waals surface area contributed by atoms with Gasteiger partial charge in [0, 0.05) is 31.7 Å². The second kappa shape index (κ2) is 6.15. The van der Waals surface area contributed by atoms with E-state index in [1.54, 1.807) is 4.57 Å². The van der Waals surface area contributed by atoms with Crippen LogP contribution in [0.2, 0.25) is 0 Å². The molecular weight excluding hydrogens is 295 g/mol. The van der Waals surface area contributed by atoms with Crippen LogP contribution in [0.4, 0.5) is 0 Å². The third-order valence-electron chi connectivity index (χ3n) is 3.99. The molecule has 1 aromatic carbocycles. The fraction of sp³-hybridized carbons (Fsp3) is 0.562. The highest BCUT2D eigenvalue weighted by Gasteiger charge is 2.33. The lowest BCUT2D eigenvalue weighted by molar-refractivity contribution is 0.0343. The van der Waals surface area contributed by atoms with Crippen molar-refractivity contribution in [2.24, 2.45) is 5.41 Å². The van der Waals surface area contributed by atoms with Gasteiger partial charge in [0.25, 0.3) is 0 Å². The maximum atomic E-state index is 12.0. The lowest BCUT2D eigenvalue weighted by atomic mass is 9.76. The highest BCUT2D eigenvalue weighted by atomic mass is 16.6. The van der Waals surface area contributed by atoms with Gasteiger partial charge in [0.1, 0.15) is 0 Å². The summed E-state index contributed by atoms with van der Waals surface area (Å²) in [6, 6.07) is 5.63. The summed E-state index contributed by atoms with van der Waals surface area (Å²) in [4.78, 5) is 14.1. The standard InChI is InChI=1S/C16H23BN2O4/c1-16(2)10-21-17(22-11-16)12-5-6-14-13(9-12)19(15(20)23-14)8-7-18(3)4/h5-6,9H,7-8,10-11H2,1-4H3. The lowest BCUT2D eigenvalue weighted by Gasteiger charge is -2.33. The zero-order chi connectivity index (χ0) is 16.6. The van der Waals surface area contributed by atoms with Gasteiger partial charge >= 0.3 is 12.9 Å². The van der Waals surface area contributed by atoms with E-state index in [9.17, 15) is 4.79 Å². The Kier molecular flexibility index (Phi) is 4.36. The third kappa shape index (κ3) is 3.52. The van der Waals surface area contributed by atoms with Crippen molar-refractivity contribution in [3.05, 3.63) is 28.7 Å². The van der Waals surface area contributed by atoms with E-state index >= 15 is 0 Å². The molecule has 2 aromatic rings. The predicted molar refractivity (Wildman–Crippen MR) is 90.1 cm³/mol. The minimum atomic E-state index is -0.389. The Hall–Kier alpha value is -1.57. The molecule has 6 nitrogen and oxygen atoms in total. The van der Waals surface area contributed by atoms with Gasteiger partial charge in [0.05, 0.1) is 5.52 Å². The van der Waals surface area contributed by atoms with Gasteiger partial charge in [-0.3, -0.25) is 4.57 Å². The molecule has 0 aliphatic carbocycles. The molecule has 1 aromatic heterocycles. The molecule has 1 saturated heterocycles. The van der Waals surface area contributed by atoms with Crippen LogP contribution in [0.1, 0.15) is 13.8 Å². The van der Waals surface area contributed by atoms with Crippen molar-refractivity contribution in [3.63, 3.8) is 0 Å². The molecule has 2 heterocycles. The van der Waals surface area contributed by atoms with Crippen molar-refractivity contribution in [2.45, 2.75) is 20.4 Å². The maximum Gasteiger partial charge on any atom is 0.493 e. The highest BCUT2D eigenvalue weighted by Crippen LogP contribution is 2.22. The first-order chi connectivity index (χ1) is 10.9. The summed E-state index contributed by atoms with van der Waals surface area (Å²) < 4.78 is 18.6. The topological polar surface area (TPSA) is 56.8 Å². The SMILES string of the molecule is CN(C)CCn1c(=O)oc2ccc(B3OCC(C)(C)CO3)cc21. The van der Waals surface area contributed by atoms with Gasteiger partial charge < -0.3 is 18.6 Å². The van der Waals surface area contributed by atoms with Crippen LogP contribution in [0.3, 0.4) is 0 Å². The van der Waals surface area contributed by atoms with Crippen molar-refractivity contribution >= 4 is 23.7 Å². The van der Waals surface area contributed by atoms with Gasteiger partial charge in [-0.1, -0.05) is 19.9 Å². The van der Waals surface area contributed by atoms with E-state index in [4.69, 9.17) is 13.7 Å². The van der Waals surface area contributed by atoms with E-state index in [0.717, 1.165) is 17.5 Å². The highest BCUT2D eigenvalue weighted by molar-refractivity contribution is 6.61. The number of hydrogen-bond donors (Lipinski definition) is 0. The molecule has 0 bridgehead atoms. The summed E-state index contributed by atoms with van der Waals surface area (Å²) in [5, 5.41) is 0. The molecule has 3 rings (SSSR count). The molecule has 23 heavy (non-hydrogen) atoms. The third-order valence-corrected chi connectivity index (χ3v) is 3.99. The summed E-state index contributed by atoms with van der Waals surface area (Å²) in [6.45, 7) is 6.87. The van der Waals surface area contributed by atoms with Crippen LogP contribution in [0, 0.1) is 5.41 Å². The zero-order valence-electron chi connectivity index (χ0n) is 14.2. The minimum absolute atomic E-state index is 0.0318. The molecule has 1 aliphatic heterocycles. The van der Waals surface area contributed by atoms with E-state index in [1.165, 1.54) is 0 Å². The largest absolute Gasteiger partial charge is 0.493 e. The Morgan fingerprint density at radius 1 is 1.26 bits per heavy atom. The van der Waals surface area contributed by atoms with Crippen LogP contribution < -0.4 is 11.2 Å². The number of fused-ring (bicyclic) bond motifs is 1. The van der Waals surface area contributed by atoms with Crippen molar-refractivity contribution < 1.29 is 13.7 Å². The van der Waals surface area contributed by atoms with E-state index in [0.29, 0.717) is 25.3 Å². The molecule has 0 atom stereocenters. The number of rotatable bonds is 4. The number of benzene rings is 1. The second-order valence-electron chi connectivity index (χ2n) is 7.17. The van der Waals surface area contributed by atoms with E-state index in [2.05, 4.69) is 13.8 Å². The Balaban J connectivity index is 1.89. The number of nitrogens with zero attached hydrogens (tertiary/aromatic N) is 2. The van der Waals surface area contributed by atoms with Gasteiger partial charge in [0.15, 0.2) is 5.58 Å². The first-order valence-electron chi connectivity index (χ1n) is 7.87. The summed E-state index contributed by atoms with van der Waals surface area (Å²) >= 11 is 0. The van der Waals surface area contributed by atoms with Gasteiger partial charge in [0.2, 0.25) is 0 Å². The van der Waals surface area contributed by atoms with Crippen LogP contribution in [-0.4, -0.2) is 50.4 Å². The number of hydrogen-bond acceptors (Lipinski definition) is 5. The van der Waals surface area contributed by atoms with E-state index in [-0.39, 0.29) is 18.3 Å². The second-order valence-corrected chi connectivity index (χ2v) is 7.17. The molecular formula is C16H23BN2O4. The first-order valence-corrected chi connectivity index (χ1v) is 7.87. The monoisotopic (exact) mass is 318 g/mol. The molecule has 1 fully saturated rings. The van der Waals surface area contributed by atoms with Gasteiger partial charge in [-0.25, -0.2) is 4.79 Å². The van der Waals surface area contributed by atoms with Crippen molar-refractivity contribution in [1.29, 1.82) is 0 Å². The first kappa shape index (κ1) is 16.3. The van der Waals surface area contributed by atoms with E-state index < -0.39 is 0 Å². The van der Waals surface area contributed by atoms with E-state index in [1.807, 2.05) is 37.2 Å². The molecule has 0 spiro atoms. The average Bonchev–Trinajstić information content (AvgIpc) is 2.79. The van der Waals surface area contributed by atoms with Crippen LogP contribution in [-0.2, 0) is 15.9 Å². The molecule has 7 heteroatoms. The number of aromatic nitrogens is 1. The van der Waals surface area contributed by atoms with Crippen LogP contribution in [0.25, 0.3) is 11.1 Å².